The molecule has 0 fully saturated rings. The van der Waals surface area contributed by atoms with E-state index in [0.717, 1.165) is 19.6 Å². The highest BCUT2D eigenvalue weighted by atomic mass is 16.3. The molecular weight excluding hydrogens is 326 g/mol. The van der Waals surface area contributed by atoms with E-state index in [4.69, 9.17) is 10.8 Å². The number of hydrogen-bond acceptors (Lipinski definition) is 7. The number of quaternary nitrogens is 1. The highest BCUT2D eigenvalue weighted by Gasteiger charge is 2.22. The maximum atomic E-state index is 12.1. The molecule has 140 valence electrons. The third-order valence-corrected chi connectivity index (χ3v) is 4.53. The Morgan fingerprint density at radius 2 is 2.04 bits per heavy atom. The van der Waals surface area contributed by atoms with Gasteiger partial charge in [0.25, 0.3) is 5.56 Å². The van der Waals surface area contributed by atoms with Crippen molar-refractivity contribution in [3.8, 4) is 0 Å². The van der Waals surface area contributed by atoms with Gasteiger partial charge < -0.3 is 25.0 Å². The smallest absolute Gasteiger partial charge is 0.278 e. The van der Waals surface area contributed by atoms with Crippen LogP contribution in [-0.4, -0.2) is 99.1 Å². The second-order valence-electron chi connectivity index (χ2n) is 6.60. The molecule has 5 N–H and O–H groups in total. The average Bonchev–Trinajstić information content (AvgIpc) is 2.95. The lowest BCUT2D eigenvalue weighted by molar-refractivity contribution is -0.909. The maximum absolute atomic E-state index is 12.1. The molecule has 2 aromatic rings. The number of aliphatic hydroxyl groups is 2. The van der Waals surface area contributed by atoms with Gasteiger partial charge in [0.2, 0.25) is 5.95 Å². The molecule has 0 aliphatic carbocycles. The number of aromatic amines is 1. The number of fused-ring (bicyclic) bond motifs is 1. The third kappa shape index (κ3) is 4.98. The van der Waals surface area contributed by atoms with Gasteiger partial charge in [-0.3, -0.25) is 14.7 Å². The van der Waals surface area contributed by atoms with Crippen molar-refractivity contribution in [3.63, 3.8) is 0 Å². The molecule has 0 saturated carbocycles. The first kappa shape index (κ1) is 19.3. The predicted octanol–water partition coefficient (Wildman–Crippen LogP) is -1.94. The van der Waals surface area contributed by atoms with Gasteiger partial charge in [0.05, 0.1) is 46.2 Å². The monoisotopic (exact) mass is 354 g/mol. The van der Waals surface area contributed by atoms with Gasteiger partial charge in [-0.1, -0.05) is 0 Å². The largest absolute Gasteiger partial charge is 0.395 e. The predicted molar refractivity (Wildman–Crippen MR) is 95.0 cm³/mol. The second kappa shape index (κ2) is 8.39. The van der Waals surface area contributed by atoms with E-state index in [2.05, 4.69) is 26.9 Å². The summed E-state index contributed by atoms with van der Waals surface area (Å²) in [7, 11) is 4.03. The average molecular weight is 354 g/mol. The van der Waals surface area contributed by atoms with E-state index in [1.165, 1.54) is 0 Å². The lowest BCUT2D eigenvalue weighted by atomic mass is 10.3. The topological polar surface area (TPSA) is 133 Å². The van der Waals surface area contributed by atoms with Crippen LogP contribution >= 0.6 is 0 Å². The van der Waals surface area contributed by atoms with Crippen molar-refractivity contribution in [3.05, 3.63) is 16.7 Å². The summed E-state index contributed by atoms with van der Waals surface area (Å²) >= 11 is 0. The number of nitrogens with one attached hydrogen (secondary N) is 1. The highest BCUT2D eigenvalue weighted by molar-refractivity contribution is 5.70. The van der Waals surface area contributed by atoms with Crippen molar-refractivity contribution >= 4 is 17.1 Å². The van der Waals surface area contributed by atoms with Crippen molar-refractivity contribution in [1.82, 2.24) is 24.4 Å². The molecular formula is C15H28N7O3+. The molecule has 10 nitrogen and oxygen atoms in total. The quantitative estimate of drug-likeness (QED) is 0.365. The molecule has 1 unspecified atom stereocenters. The van der Waals surface area contributed by atoms with Crippen molar-refractivity contribution in [2.45, 2.75) is 6.54 Å². The summed E-state index contributed by atoms with van der Waals surface area (Å²) in [4.78, 5) is 24.8. The number of hydrogen-bond donors (Lipinski definition) is 4. The first-order chi connectivity index (χ1) is 11.9. The number of H-pyrrole nitrogens is 1. The summed E-state index contributed by atoms with van der Waals surface area (Å²) in [5, 5.41) is 18.4. The molecule has 2 rings (SSSR count). The number of rotatable bonds is 10. The molecule has 0 aliphatic rings. The SMILES string of the molecule is CN(CCO)CC[N+](C)(CCO)CCn1cnc2nc(N)[nH]c(=O)c21. The van der Waals surface area contributed by atoms with Crippen LogP contribution in [0, 0.1) is 0 Å². The van der Waals surface area contributed by atoms with E-state index in [0.29, 0.717) is 35.3 Å². The Balaban J connectivity index is 2.09. The van der Waals surface area contributed by atoms with E-state index in [-0.39, 0.29) is 24.7 Å². The van der Waals surface area contributed by atoms with E-state index >= 15 is 0 Å². The number of nitrogen functional groups attached to an aromatic ring is 1. The maximum Gasteiger partial charge on any atom is 0.278 e. The summed E-state index contributed by atoms with van der Waals surface area (Å²) in [6.45, 7) is 4.37. The van der Waals surface area contributed by atoms with Crippen LogP contribution in [0.3, 0.4) is 0 Å². The van der Waals surface area contributed by atoms with E-state index in [9.17, 15) is 9.90 Å². The van der Waals surface area contributed by atoms with Crippen molar-refractivity contribution in [2.24, 2.45) is 0 Å². The molecule has 0 radical (unpaired) electrons. The number of nitrogens with two attached hydrogens (primary N) is 1. The van der Waals surface area contributed by atoms with Gasteiger partial charge in [0.1, 0.15) is 6.54 Å². The summed E-state index contributed by atoms with van der Waals surface area (Å²) in [6, 6.07) is 0. The number of anilines is 1. The van der Waals surface area contributed by atoms with Crippen LogP contribution in [0.5, 0.6) is 0 Å². The summed E-state index contributed by atoms with van der Waals surface area (Å²) < 4.78 is 2.41. The zero-order valence-electron chi connectivity index (χ0n) is 14.9. The fourth-order valence-corrected chi connectivity index (χ4v) is 2.79. The molecule has 0 bridgehead atoms. The zero-order chi connectivity index (χ0) is 18.4. The van der Waals surface area contributed by atoms with E-state index in [1.807, 2.05) is 7.05 Å². The zero-order valence-corrected chi connectivity index (χ0v) is 14.9. The van der Waals surface area contributed by atoms with Crippen LogP contribution in [0.15, 0.2) is 11.1 Å². The number of aliphatic hydroxyl groups excluding tert-OH is 2. The molecule has 0 amide bonds. The molecule has 0 aliphatic heterocycles. The summed E-state index contributed by atoms with van der Waals surface area (Å²) in [5.41, 5.74) is 5.97. The van der Waals surface area contributed by atoms with Gasteiger partial charge in [-0.15, -0.1) is 0 Å². The van der Waals surface area contributed by atoms with Gasteiger partial charge in [-0.05, 0) is 7.05 Å². The fraction of sp³-hybridized carbons (Fsp3) is 0.667. The second-order valence-corrected chi connectivity index (χ2v) is 6.60. The lowest BCUT2D eigenvalue weighted by Crippen LogP contribution is -2.51. The summed E-state index contributed by atoms with van der Waals surface area (Å²) in [6.07, 6.45) is 1.59. The first-order valence-corrected chi connectivity index (χ1v) is 8.33. The molecule has 25 heavy (non-hydrogen) atoms. The van der Waals surface area contributed by atoms with Gasteiger partial charge in [-0.2, -0.15) is 4.98 Å². The number of imidazole rings is 1. The fourth-order valence-electron chi connectivity index (χ4n) is 2.79. The molecule has 10 heteroatoms. The molecule has 0 spiro atoms. The molecule has 2 aromatic heterocycles. The van der Waals surface area contributed by atoms with Crippen LogP contribution in [0.4, 0.5) is 5.95 Å². The van der Waals surface area contributed by atoms with Gasteiger partial charge in [-0.25, -0.2) is 4.98 Å². The number of nitrogens with zero attached hydrogens (tertiary/aromatic N) is 5. The Kier molecular flexibility index (Phi) is 6.48. The van der Waals surface area contributed by atoms with Crippen LogP contribution < -0.4 is 11.3 Å². The van der Waals surface area contributed by atoms with Crippen LogP contribution in [0.1, 0.15) is 0 Å². The van der Waals surface area contributed by atoms with Gasteiger partial charge in [0.15, 0.2) is 11.2 Å². The van der Waals surface area contributed by atoms with Gasteiger partial charge >= 0.3 is 0 Å². The van der Waals surface area contributed by atoms with Crippen LogP contribution in [0.2, 0.25) is 0 Å². The third-order valence-electron chi connectivity index (χ3n) is 4.53. The van der Waals surface area contributed by atoms with Crippen molar-refractivity contribution < 1.29 is 14.7 Å². The summed E-state index contributed by atoms with van der Waals surface area (Å²) in [5.74, 6) is 0.0515. The van der Waals surface area contributed by atoms with Crippen molar-refractivity contribution in [1.29, 1.82) is 0 Å². The molecule has 0 saturated heterocycles. The van der Waals surface area contributed by atoms with Crippen LogP contribution in [-0.2, 0) is 6.54 Å². The molecule has 0 aromatic carbocycles. The Hall–Kier alpha value is -2.01. The number of aromatic nitrogens is 4. The van der Waals surface area contributed by atoms with Crippen LogP contribution in [0.25, 0.3) is 11.2 Å². The Morgan fingerprint density at radius 1 is 1.28 bits per heavy atom. The Labute approximate surface area is 146 Å². The normalized spacial score (nSPS) is 14.3. The Morgan fingerprint density at radius 3 is 2.72 bits per heavy atom. The van der Waals surface area contributed by atoms with E-state index in [1.54, 1.807) is 10.9 Å². The minimum absolute atomic E-state index is 0.0515. The Bertz CT molecular complexity index is 744. The standard InChI is InChI=1S/C15H27N7O3/c1-20(5-9-23)3-6-22(2,8-10-24)7-4-21-11-17-13-12(21)14(25)19-15(16)18-13/h11,23-24H,3-10H2,1-2H3,(H2-,16,18,19,25)/p+1. The minimum Gasteiger partial charge on any atom is -0.395 e. The first-order valence-electron chi connectivity index (χ1n) is 8.33. The number of likely N-dealkylation sites (N-methyl/N-ethyl adjacent to an activating group) is 2. The molecule has 1 atom stereocenters. The van der Waals surface area contributed by atoms with Gasteiger partial charge in [0, 0.05) is 13.1 Å². The molecule has 2 heterocycles. The highest BCUT2D eigenvalue weighted by Crippen LogP contribution is 2.09. The minimum atomic E-state index is -0.306. The van der Waals surface area contributed by atoms with Crippen molar-refractivity contribution in [2.75, 3.05) is 65.8 Å². The lowest BCUT2D eigenvalue weighted by Gasteiger charge is -2.35. The van der Waals surface area contributed by atoms with E-state index < -0.39 is 0 Å².